The van der Waals surface area contributed by atoms with Crippen molar-refractivity contribution in [3.8, 4) is 5.69 Å². The lowest BCUT2D eigenvalue weighted by molar-refractivity contribution is 0.0993. The van der Waals surface area contributed by atoms with E-state index in [1.807, 2.05) is 48.5 Å². The van der Waals surface area contributed by atoms with Crippen molar-refractivity contribution in [1.29, 1.82) is 0 Å². The Labute approximate surface area is 127 Å². The minimum atomic E-state index is 0.00489. The van der Waals surface area contributed by atoms with Crippen LogP contribution in [0.1, 0.15) is 15.9 Å². The molecular weight excluding hydrogens is 284 g/mol. The van der Waals surface area contributed by atoms with Gasteiger partial charge in [0.1, 0.15) is 0 Å². The van der Waals surface area contributed by atoms with E-state index in [0.717, 1.165) is 11.3 Å². The standard InChI is InChI=1S/C17H13ClN2O/c18-16-9-5-4-6-13(16)10-17(21)14-11-19-20(12-14)15-7-2-1-3-8-15/h1-9,11-12H,10H2. The van der Waals surface area contributed by atoms with Crippen LogP contribution in [0, 0.1) is 0 Å². The Morgan fingerprint density at radius 3 is 2.52 bits per heavy atom. The molecule has 21 heavy (non-hydrogen) atoms. The van der Waals surface area contributed by atoms with Gasteiger partial charge in [-0.1, -0.05) is 48.0 Å². The zero-order valence-electron chi connectivity index (χ0n) is 11.2. The lowest BCUT2D eigenvalue weighted by Crippen LogP contribution is -2.03. The lowest BCUT2D eigenvalue weighted by Gasteiger charge is -2.02. The highest BCUT2D eigenvalue weighted by Gasteiger charge is 2.12. The maximum Gasteiger partial charge on any atom is 0.170 e. The molecule has 0 aliphatic carbocycles. The molecule has 0 amide bonds. The molecule has 3 nitrogen and oxygen atoms in total. The number of rotatable bonds is 4. The molecule has 4 heteroatoms. The van der Waals surface area contributed by atoms with Gasteiger partial charge in [0.15, 0.2) is 5.78 Å². The Morgan fingerprint density at radius 1 is 1.05 bits per heavy atom. The number of nitrogens with zero attached hydrogens (tertiary/aromatic N) is 2. The zero-order chi connectivity index (χ0) is 14.7. The summed E-state index contributed by atoms with van der Waals surface area (Å²) in [4.78, 5) is 12.3. The highest BCUT2D eigenvalue weighted by Crippen LogP contribution is 2.17. The minimum Gasteiger partial charge on any atom is -0.294 e. The third kappa shape index (κ3) is 3.03. The Morgan fingerprint density at radius 2 is 1.76 bits per heavy atom. The van der Waals surface area contributed by atoms with Gasteiger partial charge < -0.3 is 0 Å². The summed E-state index contributed by atoms with van der Waals surface area (Å²) in [5.74, 6) is 0.00489. The van der Waals surface area contributed by atoms with Crippen molar-refractivity contribution >= 4 is 17.4 Å². The van der Waals surface area contributed by atoms with Crippen molar-refractivity contribution in [3.63, 3.8) is 0 Å². The average Bonchev–Trinajstić information content (AvgIpc) is 3.00. The van der Waals surface area contributed by atoms with Gasteiger partial charge in [-0.25, -0.2) is 4.68 Å². The number of halogens is 1. The van der Waals surface area contributed by atoms with Crippen LogP contribution in [-0.4, -0.2) is 15.6 Å². The highest BCUT2D eigenvalue weighted by molar-refractivity contribution is 6.31. The molecule has 1 heterocycles. The fourth-order valence-electron chi connectivity index (χ4n) is 2.11. The number of hydrogen-bond acceptors (Lipinski definition) is 2. The first kappa shape index (κ1) is 13.6. The number of Topliss-reactive ketones (excluding diaryl/α,β-unsaturated/α-hetero) is 1. The number of hydrogen-bond donors (Lipinski definition) is 0. The molecule has 0 N–H and O–H groups in total. The van der Waals surface area contributed by atoms with Crippen LogP contribution in [0.3, 0.4) is 0 Å². The number of ketones is 1. The number of carbonyl (C=O) groups excluding carboxylic acids is 1. The van der Waals surface area contributed by atoms with Crippen molar-refractivity contribution in [2.24, 2.45) is 0 Å². The second kappa shape index (κ2) is 5.94. The Balaban J connectivity index is 1.80. The fourth-order valence-corrected chi connectivity index (χ4v) is 2.31. The third-order valence-corrected chi connectivity index (χ3v) is 3.60. The summed E-state index contributed by atoms with van der Waals surface area (Å²) in [6, 6.07) is 17.1. The molecule has 0 unspecified atom stereocenters. The molecule has 3 aromatic rings. The first-order valence-electron chi connectivity index (χ1n) is 6.61. The summed E-state index contributed by atoms with van der Waals surface area (Å²) in [5, 5.41) is 4.85. The van der Waals surface area contributed by atoms with E-state index in [9.17, 15) is 4.79 Å². The summed E-state index contributed by atoms with van der Waals surface area (Å²) in [6.07, 6.45) is 3.61. The van der Waals surface area contributed by atoms with E-state index >= 15 is 0 Å². The predicted molar refractivity (Wildman–Crippen MR) is 83.1 cm³/mol. The fraction of sp³-hybridized carbons (Fsp3) is 0.0588. The summed E-state index contributed by atoms with van der Waals surface area (Å²) >= 11 is 6.08. The van der Waals surface area contributed by atoms with Crippen molar-refractivity contribution in [2.45, 2.75) is 6.42 Å². The number of carbonyl (C=O) groups is 1. The van der Waals surface area contributed by atoms with E-state index in [2.05, 4.69) is 5.10 Å². The first-order valence-corrected chi connectivity index (χ1v) is 6.98. The van der Waals surface area contributed by atoms with Crippen LogP contribution >= 0.6 is 11.6 Å². The second-order valence-corrected chi connectivity index (χ2v) is 5.11. The van der Waals surface area contributed by atoms with E-state index in [4.69, 9.17) is 11.6 Å². The highest BCUT2D eigenvalue weighted by atomic mass is 35.5. The average molecular weight is 297 g/mol. The van der Waals surface area contributed by atoms with Crippen LogP contribution in [0.4, 0.5) is 0 Å². The summed E-state index contributed by atoms with van der Waals surface area (Å²) in [7, 11) is 0. The molecule has 0 aliphatic rings. The van der Waals surface area contributed by atoms with E-state index in [1.165, 1.54) is 0 Å². The molecule has 0 radical (unpaired) electrons. The Kier molecular flexibility index (Phi) is 3.84. The van der Waals surface area contributed by atoms with Crippen LogP contribution in [-0.2, 0) is 6.42 Å². The minimum absolute atomic E-state index is 0.00489. The van der Waals surface area contributed by atoms with Gasteiger partial charge >= 0.3 is 0 Å². The van der Waals surface area contributed by atoms with Crippen molar-refractivity contribution in [2.75, 3.05) is 0 Å². The van der Waals surface area contributed by atoms with Gasteiger partial charge in [-0.2, -0.15) is 5.10 Å². The van der Waals surface area contributed by atoms with Gasteiger partial charge in [-0.3, -0.25) is 4.79 Å². The molecule has 0 atom stereocenters. The molecule has 0 fully saturated rings. The van der Waals surface area contributed by atoms with Gasteiger partial charge in [0.2, 0.25) is 0 Å². The van der Waals surface area contributed by atoms with Crippen LogP contribution in [0.25, 0.3) is 5.69 Å². The van der Waals surface area contributed by atoms with E-state index in [1.54, 1.807) is 23.1 Å². The summed E-state index contributed by atoms with van der Waals surface area (Å²) in [5.41, 5.74) is 2.34. The van der Waals surface area contributed by atoms with E-state index in [0.29, 0.717) is 10.6 Å². The summed E-state index contributed by atoms with van der Waals surface area (Å²) < 4.78 is 1.69. The van der Waals surface area contributed by atoms with Gasteiger partial charge in [0.25, 0.3) is 0 Å². The molecule has 0 aliphatic heterocycles. The van der Waals surface area contributed by atoms with Crippen molar-refractivity contribution in [1.82, 2.24) is 9.78 Å². The van der Waals surface area contributed by atoms with E-state index < -0.39 is 0 Å². The quantitative estimate of drug-likeness (QED) is 0.683. The Hall–Kier alpha value is -2.39. The second-order valence-electron chi connectivity index (χ2n) is 4.70. The summed E-state index contributed by atoms with van der Waals surface area (Å²) in [6.45, 7) is 0. The molecule has 0 bridgehead atoms. The third-order valence-electron chi connectivity index (χ3n) is 3.23. The molecular formula is C17H13ClN2O. The molecule has 0 spiro atoms. The van der Waals surface area contributed by atoms with Gasteiger partial charge in [0, 0.05) is 17.6 Å². The molecule has 104 valence electrons. The van der Waals surface area contributed by atoms with Crippen LogP contribution in [0.15, 0.2) is 67.0 Å². The molecule has 1 aromatic heterocycles. The van der Waals surface area contributed by atoms with Crippen molar-refractivity contribution < 1.29 is 4.79 Å². The normalized spacial score (nSPS) is 10.5. The molecule has 3 rings (SSSR count). The molecule has 0 saturated carbocycles. The molecule has 0 saturated heterocycles. The Bertz CT molecular complexity index is 765. The van der Waals surface area contributed by atoms with Crippen molar-refractivity contribution in [3.05, 3.63) is 83.1 Å². The van der Waals surface area contributed by atoms with Gasteiger partial charge in [-0.05, 0) is 23.8 Å². The zero-order valence-corrected chi connectivity index (χ0v) is 12.0. The van der Waals surface area contributed by atoms with Gasteiger partial charge in [-0.15, -0.1) is 0 Å². The monoisotopic (exact) mass is 296 g/mol. The maximum atomic E-state index is 12.3. The molecule has 2 aromatic carbocycles. The van der Waals surface area contributed by atoms with Gasteiger partial charge in [0.05, 0.1) is 17.4 Å². The van der Waals surface area contributed by atoms with Crippen LogP contribution < -0.4 is 0 Å². The predicted octanol–water partition coefficient (Wildman–Crippen LogP) is 3.95. The number of benzene rings is 2. The maximum absolute atomic E-state index is 12.3. The lowest BCUT2D eigenvalue weighted by atomic mass is 10.1. The van der Waals surface area contributed by atoms with Crippen LogP contribution in [0.5, 0.6) is 0 Å². The smallest absolute Gasteiger partial charge is 0.170 e. The SMILES string of the molecule is O=C(Cc1ccccc1Cl)c1cnn(-c2ccccc2)c1. The topological polar surface area (TPSA) is 34.9 Å². The van der Waals surface area contributed by atoms with E-state index in [-0.39, 0.29) is 12.2 Å². The first-order chi connectivity index (χ1) is 10.2. The largest absolute Gasteiger partial charge is 0.294 e. The number of para-hydroxylation sites is 1. The van der Waals surface area contributed by atoms with Crippen LogP contribution in [0.2, 0.25) is 5.02 Å². The number of aromatic nitrogens is 2.